The van der Waals surface area contributed by atoms with Crippen LogP contribution >= 0.6 is 15.9 Å². The molecule has 0 atom stereocenters. The summed E-state index contributed by atoms with van der Waals surface area (Å²) in [6.45, 7) is 9.30. The summed E-state index contributed by atoms with van der Waals surface area (Å²) < 4.78 is 9.15. The summed E-state index contributed by atoms with van der Waals surface area (Å²) in [4.78, 5) is 14.9. The van der Waals surface area contributed by atoms with Gasteiger partial charge in [-0.15, -0.1) is 0 Å². The minimum Gasteiger partial charge on any atom is -0.378 e. The number of fused-ring (bicyclic) bond motifs is 1. The van der Waals surface area contributed by atoms with Crippen molar-refractivity contribution in [1.29, 1.82) is 0 Å². The molecule has 0 unspecified atom stereocenters. The summed E-state index contributed by atoms with van der Waals surface area (Å²) in [7, 11) is 0. The predicted octanol–water partition coefficient (Wildman–Crippen LogP) is 5.28. The number of carbonyl (C=O) groups is 1. The first-order valence-corrected chi connectivity index (χ1v) is 11.1. The standard InChI is InChI=1S/C22H31BrN2O2/c1-3-14-27-18-8-12-24(13-9-18)10-5-11-25-16-20(22(26)4-2)19-15-17(23)6-7-21(19)25/h6-7,15-16,18H,3-5,8-14H2,1-2H3. The Labute approximate surface area is 171 Å². The largest absolute Gasteiger partial charge is 0.378 e. The quantitative estimate of drug-likeness (QED) is 0.503. The number of rotatable bonds is 9. The number of ether oxygens (including phenoxy) is 1. The van der Waals surface area contributed by atoms with E-state index in [4.69, 9.17) is 4.74 Å². The second kappa shape index (κ2) is 9.85. The molecule has 2 heterocycles. The van der Waals surface area contributed by atoms with E-state index in [2.05, 4.69) is 50.5 Å². The first-order valence-electron chi connectivity index (χ1n) is 10.3. The lowest BCUT2D eigenvalue weighted by Gasteiger charge is -2.31. The zero-order valence-electron chi connectivity index (χ0n) is 16.5. The molecule has 0 radical (unpaired) electrons. The van der Waals surface area contributed by atoms with E-state index in [0.29, 0.717) is 12.5 Å². The van der Waals surface area contributed by atoms with Crippen LogP contribution in [-0.4, -0.2) is 47.6 Å². The number of hydrogen-bond acceptors (Lipinski definition) is 3. The normalized spacial score (nSPS) is 16.3. The second-order valence-corrected chi connectivity index (χ2v) is 8.36. The van der Waals surface area contributed by atoms with E-state index >= 15 is 0 Å². The Kier molecular flexibility index (Phi) is 7.50. The molecule has 0 spiro atoms. The van der Waals surface area contributed by atoms with Crippen molar-refractivity contribution in [3.05, 3.63) is 34.4 Å². The van der Waals surface area contributed by atoms with Crippen LogP contribution in [-0.2, 0) is 11.3 Å². The Morgan fingerprint density at radius 3 is 2.70 bits per heavy atom. The van der Waals surface area contributed by atoms with Crippen LogP contribution in [0.25, 0.3) is 10.9 Å². The SMILES string of the molecule is CCCOC1CCN(CCCn2cc(C(=O)CC)c3cc(Br)ccc32)CC1. The van der Waals surface area contributed by atoms with Gasteiger partial charge in [0.2, 0.25) is 0 Å². The number of halogens is 1. The Balaban J connectivity index is 1.57. The molecule has 1 aromatic carbocycles. The summed E-state index contributed by atoms with van der Waals surface area (Å²) in [6, 6.07) is 6.23. The van der Waals surface area contributed by atoms with Crippen molar-refractivity contribution in [1.82, 2.24) is 9.47 Å². The molecule has 0 amide bonds. The van der Waals surface area contributed by atoms with Gasteiger partial charge in [-0.3, -0.25) is 4.79 Å². The molecule has 4 nitrogen and oxygen atoms in total. The molecule has 0 N–H and O–H groups in total. The Morgan fingerprint density at radius 2 is 2.00 bits per heavy atom. The van der Waals surface area contributed by atoms with Crippen molar-refractivity contribution in [3.8, 4) is 0 Å². The zero-order chi connectivity index (χ0) is 19.2. The third-order valence-corrected chi connectivity index (χ3v) is 5.92. The fraction of sp³-hybridized carbons (Fsp3) is 0.591. The third kappa shape index (κ3) is 5.21. The number of likely N-dealkylation sites (tertiary alicyclic amines) is 1. The number of nitrogens with zero attached hydrogens (tertiary/aromatic N) is 2. The van der Waals surface area contributed by atoms with Crippen molar-refractivity contribution >= 4 is 32.6 Å². The van der Waals surface area contributed by atoms with Crippen LogP contribution in [0, 0.1) is 0 Å². The number of aromatic nitrogens is 1. The molecular weight excluding hydrogens is 404 g/mol. The lowest BCUT2D eigenvalue weighted by Crippen LogP contribution is -2.37. The van der Waals surface area contributed by atoms with E-state index in [1.54, 1.807) is 0 Å². The lowest BCUT2D eigenvalue weighted by atomic mass is 10.1. The first kappa shape index (κ1) is 20.6. The molecule has 5 heteroatoms. The fourth-order valence-corrected chi connectivity index (χ4v) is 4.28. The van der Waals surface area contributed by atoms with Gasteiger partial charge < -0.3 is 14.2 Å². The van der Waals surface area contributed by atoms with Gasteiger partial charge in [-0.25, -0.2) is 0 Å². The summed E-state index contributed by atoms with van der Waals surface area (Å²) in [6.07, 6.45) is 7.54. The fourth-order valence-electron chi connectivity index (χ4n) is 3.92. The summed E-state index contributed by atoms with van der Waals surface area (Å²) in [5, 5.41) is 1.06. The average Bonchev–Trinajstić information content (AvgIpc) is 3.04. The Bertz CT molecular complexity index is 763. The number of benzene rings is 1. The summed E-state index contributed by atoms with van der Waals surface area (Å²) in [5.74, 6) is 0.214. The van der Waals surface area contributed by atoms with Crippen molar-refractivity contribution in [2.45, 2.75) is 58.6 Å². The Morgan fingerprint density at radius 1 is 1.22 bits per heavy atom. The van der Waals surface area contributed by atoms with Crippen molar-refractivity contribution in [2.24, 2.45) is 0 Å². The van der Waals surface area contributed by atoms with Gasteiger partial charge in [-0.1, -0.05) is 29.8 Å². The molecule has 1 aliphatic heterocycles. The van der Waals surface area contributed by atoms with Crippen LogP contribution in [0.15, 0.2) is 28.9 Å². The van der Waals surface area contributed by atoms with Crippen molar-refractivity contribution in [2.75, 3.05) is 26.2 Å². The topological polar surface area (TPSA) is 34.5 Å². The molecule has 148 valence electrons. The van der Waals surface area contributed by atoms with Crippen LogP contribution in [0.4, 0.5) is 0 Å². The molecule has 3 rings (SSSR count). The monoisotopic (exact) mass is 434 g/mol. The highest BCUT2D eigenvalue weighted by molar-refractivity contribution is 9.10. The van der Waals surface area contributed by atoms with E-state index in [-0.39, 0.29) is 5.78 Å². The summed E-state index contributed by atoms with van der Waals surface area (Å²) in [5.41, 5.74) is 2.00. The smallest absolute Gasteiger partial charge is 0.164 e. The Hall–Kier alpha value is -1.17. The number of hydrogen-bond donors (Lipinski definition) is 0. The highest BCUT2D eigenvalue weighted by Gasteiger charge is 2.19. The third-order valence-electron chi connectivity index (χ3n) is 5.43. The van der Waals surface area contributed by atoms with Gasteiger partial charge in [-0.2, -0.15) is 0 Å². The molecule has 1 fully saturated rings. The second-order valence-electron chi connectivity index (χ2n) is 7.44. The maximum Gasteiger partial charge on any atom is 0.164 e. The van der Waals surface area contributed by atoms with Gasteiger partial charge in [0, 0.05) is 59.8 Å². The van der Waals surface area contributed by atoms with E-state index in [1.165, 1.54) is 0 Å². The summed E-state index contributed by atoms with van der Waals surface area (Å²) >= 11 is 3.53. The van der Waals surface area contributed by atoms with Crippen molar-refractivity contribution in [3.63, 3.8) is 0 Å². The molecule has 1 saturated heterocycles. The van der Waals surface area contributed by atoms with Gasteiger partial charge in [0.05, 0.1) is 6.10 Å². The molecule has 27 heavy (non-hydrogen) atoms. The van der Waals surface area contributed by atoms with Crippen LogP contribution < -0.4 is 0 Å². The molecular formula is C22H31BrN2O2. The first-order chi connectivity index (χ1) is 13.1. The van der Waals surface area contributed by atoms with E-state index in [1.807, 2.05) is 13.1 Å². The number of carbonyl (C=O) groups excluding carboxylic acids is 1. The van der Waals surface area contributed by atoms with Crippen LogP contribution in [0.3, 0.4) is 0 Å². The number of aryl methyl sites for hydroxylation is 1. The van der Waals surface area contributed by atoms with Gasteiger partial charge >= 0.3 is 0 Å². The van der Waals surface area contributed by atoms with Gasteiger partial charge in [0.25, 0.3) is 0 Å². The maximum atomic E-state index is 12.3. The zero-order valence-corrected chi connectivity index (χ0v) is 18.1. The van der Waals surface area contributed by atoms with E-state index in [9.17, 15) is 4.79 Å². The van der Waals surface area contributed by atoms with Crippen LogP contribution in [0.5, 0.6) is 0 Å². The molecule has 1 aromatic heterocycles. The lowest BCUT2D eigenvalue weighted by molar-refractivity contribution is 0.00759. The molecule has 1 aliphatic rings. The average molecular weight is 435 g/mol. The number of Topliss-reactive ketones (excluding diaryl/α,β-unsaturated/α-hetero) is 1. The van der Waals surface area contributed by atoms with Crippen LogP contribution in [0.2, 0.25) is 0 Å². The highest BCUT2D eigenvalue weighted by atomic mass is 79.9. The molecule has 0 saturated carbocycles. The van der Waals surface area contributed by atoms with Crippen molar-refractivity contribution < 1.29 is 9.53 Å². The van der Waals surface area contributed by atoms with Crippen LogP contribution in [0.1, 0.15) is 56.3 Å². The molecule has 0 bridgehead atoms. The number of ketones is 1. The number of piperidine rings is 1. The highest BCUT2D eigenvalue weighted by Crippen LogP contribution is 2.26. The molecule has 0 aliphatic carbocycles. The van der Waals surface area contributed by atoms with Gasteiger partial charge in [-0.05, 0) is 50.4 Å². The minimum atomic E-state index is 0.214. The van der Waals surface area contributed by atoms with Gasteiger partial charge in [0.1, 0.15) is 0 Å². The van der Waals surface area contributed by atoms with Gasteiger partial charge in [0.15, 0.2) is 5.78 Å². The molecule has 2 aromatic rings. The van der Waals surface area contributed by atoms with E-state index in [0.717, 1.165) is 79.4 Å². The predicted molar refractivity (Wildman–Crippen MR) is 115 cm³/mol. The minimum absolute atomic E-state index is 0.214. The van der Waals surface area contributed by atoms with E-state index < -0.39 is 0 Å². The maximum absolute atomic E-state index is 12.3.